The van der Waals surface area contributed by atoms with Crippen LogP contribution >= 0.6 is 0 Å². The van der Waals surface area contributed by atoms with E-state index in [9.17, 15) is 24.3 Å². The fourth-order valence-corrected chi connectivity index (χ4v) is 1.36. The van der Waals surface area contributed by atoms with Gasteiger partial charge in [0.15, 0.2) is 0 Å². The van der Waals surface area contributed by atoms with Gasteiger partial charge < -0.3 is 24.1 Å². The van der Waals surface area contributed by atoms with E-state index in [1.165, 1.54) is 14.2 Å². The van der Waals surface area contributed by atoms with Gasteiger partial charge in [-0.15, -0.1) is 6.42 Å². The molecular weight excluding hydrogens is 499 g/mol. The summed E-state index contributed by atoms with van der Waals surface area (Å²) in [6.45, 7) is 20.3. The number of methoxy groups -OCH3 is 2. The van der Waals surface area contributed by atoms with E-state index in [4.69, 9.17) is 6.42 Å². The molecule has 0 aromatic carbocycles. The van der Waals surface area contributed by atoms with Crippen molar-refractivity contribution >= 4 is 23.9 Å². The van der Waals surface area contributed by atoms with Gasteiger partial charge in [0.2, 0.25) is 0 Å². The first-order valence-corrected chi connectivity index (χ1v) is 12.4. The van der Waals surface area contributed by atoms with Crippen molar-refractivity contribution in [3.8, 4) is 24.4 Å². The van der Waals surface area contributed by atoms with Crippen molar-refractivity contribution in [3.05, 3.63) is 0 Å². The first-order valence-electron chi connectivity index (χ1n) is 12.4. The Kier molecular flexibility index (Phi) is 29.1. The van der Waals surface area contributed by atoms with Crippen molar-refractivity contribution < 1.29 is 68.1 Å². The Bertz CT molecular complexity index is 768. The molecule has 0 amide bonds. The standard InChI is InChI=1S/C9H10O2.2C7H14O2.C6H12O2.Na/c1-4-6-7-11-9(10)8(3)5-2;2*1-5-7(2,3)6(8)9-4;1-4-6(2,3)5(7)8;/h1,8H,5H2,2-3H3;2*5H2,1-4H3;4H2,1-3H3,(H,7,8);/q;;;;+1/p-1. The Morgan fingerprint density at radius 3 is 1.29 bits per heavy atom. The van der Waals surface area contributed by atoms with Crippen LogP contribution in [0.1, 0.15) is 102 Å². The summed E-state index contributed by atoms with van der Waals surface area (Å²) >= 11 is 0. The Hall–Kier alpha value is -2.00. The second-order valence-electron chi connectivity index (χ2n) is 10.1. The third-order valence-electron chi connectivity index (χ3n) is 5.97. The molecule has 1 unspecified atom stereocenters. The number of carboxylic acids is 1. The number of terminal acetylenes is 1. The van der Waals surface area contributed by atoms with Gasteiger partial charge >= 0.3 is 47.5 Å². The number of carbonyl (C=O) groups is 4. The maximum absolute atomic E-state index is 10.9. The van der Waals surface area contributed by atoms with Gasteiger partial charge in [-0.2, -0.15) is 0 Å². The minimum absolute atomic E-state index is 0. The quantitative estimate of drug-likeness (QED) is 0.194. The minimum atomic E-state index is -0.972. The van der Waals surface area contributed by atoms with E-state index in [2.05, 4.69) is 26.2 Å². The fraction of sp³-hybridized carbons (Fsp3) is 0.724. The van der Waals surface area contributed by atoms with Gasteiger partial charge in [0, 0.05) is 17.3 Å². The molecule has 0 bridgehead atoms. The summed E-state index contributed by atoms with van der Waals surface area (Å²) in [5, 5.41) is 10.1. The Balaban J connectivity index is -0.000000127. The first kappa shape index (κ1) is 45.9. The van der Waals surface area contributed by atoms with Crippen LogP contribution in [0, 0.1) is 46.5 Å². The Morgan fingerprint density at radius 1 is 0.789 bits per heavy atom. The van der Waals surface area contributed by atoms with E-state index in [1.807, 2.05) is 61.3 Å². The molecule has 0 aromatic heterocycles. The molecule has 1 atom stereocenters. The van der Waals surface area contributed by atoms with Crippen molar-refractivity contribution in [2.75, 3.05) is 14.2 Å². The average Bonchev–Trinajstić information content (AvgIpc) is 2.87. The van der Waals surface area contributed by atoms with Gasteiger partial charge in [0.25, 0.3) is 0 Å². The van der Waals surface area contributed by atoms with Crippen LogP contribution in [-0.2, 0) is 33.4 Å². The molecule has 8 nitrogen and oxygen atoms in total. The molecule has 0 radical (unpaired) electrons. The van der Waals surface area contributed by atoms with Crippen LogP contribution in [0.3, 0.4) is 0 Å². The van der Waals surface area contributed by atoms with Crippen LogP contribution in [0.5, 0.6) is 0 Å². The summed E-state index contributed by atoms with van der Waals surface area (Å²) in [4.78, 5) is 42.7. The van der Waals surface area contributed by atoms with E-state index in [0.717, 1.165) is 19.3 Å². The third-order valence-corrected chi connectivity index (χ3v) is 5.97. The zero-order valence-corrected chi connectivity index (χ0v) is 28.2. The van der Waals surface area contributed by atoms with Crippen LogP contribution in [0.4, 0.5) is 0 Å². The van der Waals surface area contributed by atoms with Gasteiger partial charge in [-0.3, -0.25) is 14.4 Å². The molecular formula is C29H49NaO8. The predicted molar refractivity (Wildman–Crippen MR) is 143 cm³/mol. The van der Waals surface area contributed by atoms with Crippen molar-refractivity contribution in [1.29, 1.82) is 0 Å². The van der Waals surface area contributed by atoms with Gasteiger partial charge in [0.1, 0.15) is 6.11 Å². The first-order chi connectivity index (χ1) is 16.8. The number of aliphatic carboxylic acids is 1. The van der Waals surface area contributed by atoms with E-state index >= 15 is 0 Å². The van der Waals surface area contributed by atoms with E-state index in [0.29, 0.717) is 6.42 Å². The average molecular weight is 549 g/mol. The third kappa shape index (κ3) is 23.1. The summed E-state index contributed by atoms with van der Waals surface area (Å²) < 4.78 is 13.6. The maximum atomic E-state index is 10.9. The smallest absolute Gasteiger partial charge is 0.550 e. The molecule has 0 fully saturated rings. The number of hydrogen-bond acceptors (Lipinski definition) is 8. The summed E-state index contributed by atoms with van der Waals surface area (Å²) in [6.07, 6.45) is 9.93. The van der Waals surface area contributed by atoms with Gasteiger partial charge in [-0.1, -0.05) is 48.5 Å². The van der Waals surface area contributed by atoms with E-state index in [-0.39, 0.29) is 64.2 Å². The number of rotatable bonds is 8. The van der Waals surface area contributed by atoms with Crippen LogP contribution in [-0.4, -0.2) is 38.1 Å². The molecule has 0 aliphatic rings. The van der Waals surface area contributed by atoms with Gasteiger partial charge in [0.05, 0.1) is 31.0 Å². The SMILES string of the molecule is C#CC#COC(=O)C(C)CC.CCC(C)(C)C(=O)OC.CCC(C)(C)C(=O)OC.CCC(C)(C)C(=O)[O-].[Na+]. The van der Waals surface area contributed by atoms with Crippen molar-refractivity contribution in [2.24, 2.45) is 22.2 Å². The zero-order chi connectivity index (χ0) is 30.5. The molecule has 0 saturated heterocycles. The van der Waals surface area contributed by atoms with Crippen molar-refractivity contribution in [3.63, 3.8) is 0 Å². The summed E-state index contributed by atoms with van der Waals surface area (Å²) in [7, 11) is 2.83. The van der Waals surface area contributed by atoms with Gasteiger partial charge in [-0.05, 0) is 59.3 Å². The molecule has 0 rings (SSSR count). The normalized spacial score (nSPS) is 10.6. The second-order valence-corrected chi connectivity index (χ2v) is 10.1. The zero-order valence-electron chi connectivity index (χ0n) is 26.2. The number of carbonyl (C=O) groups excluding carboxylic acids is 4. The predicted octanol–water partition coefficient (Wildman–Crippen LogP) is 1.54. The molecule has 0 spiro atoms. The monoisotopic (exact) mass is 548 g/mol. The number of esters is 3. The summed E-state index contributed by atoms with van der Waals surface area (Å²) in [6, 6.07) is 0. The Morgan fingerprint density at radius 2 is 1.13 bits per heavy atom. The molecule has 38 heavy (non-hydrogen) atoms. The Labute approximate surface area is 253 Å². The number of ether oxygens (including phenoxy) is 3. The van der Waals surface area contributed by atoms with Crippen molar-refractivity contribution in [1.82, 2.24) is 0 Å². The molecule has 0 N–H and O–H groups in total. The largest absolute Gasteiger partial charge is 1.00 e. The minimum Gasteiger partial charge on any atom is -0.550 e. The van der Waals surface area contributed by atoms with Crippen LogP contribution in [0.2, 0.25) is 0 Å². The van der Waals surface area contributed by atoms with Crippen LogP contribution < -0.4 is 34.7 Å². The topological polar surface area (TPSA) is 119 Å². The number of carboxylic acid groups (broad SMARTS) is 1. The molecule has 0 aliphatic carbocycles. The van der Waals surface area contributed by atoms with E-state index < -0.39 is 11.4 Å². The number of hydrogen-bond donors (Lipinski definition) is 0. The molecule has 9 heteroatoms. The summed E-state index contributed by atoms with van der Waals surface area (Å²) in [5.41, 5.74) is -1.27. The molecule has 0 aliphatic heterocycles. The molecule has 0 aromatic rings. The second kappa shape index (κ2) is 24.1. The van der Waals surface area contributed by atoms with Crippen molar-refractivity contribution in [2.45, 2.75) is 102 Å². The van der Waals surface area contributed by atoms with E-state index in [1.54, 1.807) is 20.8 Å². The molecule has 0 saturated carbocycles. The fourth-order valence-electron chi connectivity index (χ4n) is 1.36. The van der Waals surface area contributed by atoms with Crippen LogP contribution in [0.25, 0.3) is 0 Å². The van der Waals surface area contributed by atoms with Gasteiger partial charge in [-0.25, -0.2) is 0 Å². The maximum Gasteiger partial charge on any atom is 1.00 e. The van der Waals surface area contributed by atoms with Crippen LogP contribution in [0.15, 0.2) is 0 Å². The summed E-state index contributed by atoms with van der Waals surface area (Å²) in [5.74, 6) is 2.56. The molecule has 0 heterocycles. The molecule has 214 valence electrons.